The van der Waals surface area contributed by atoms with Crippen molar-refractivity contribution in [2.24, 2.45) is 0 Å². The number of likely N-dealkylation sites (tertiary alicyclic amines) is 1. The molecule has 174 valence electrons. The molecule has 3 rings (SSSR count). The Morgan fingerprint density at radius 3 is 2.06 bits per heavy atom. The SMILES string of the molecule is CCN(CC)S(=O)(=O)c1ccc(CCC(=O)Nc2ccc(CCN3CCCC3)cc2)cc1. The van der Waals surface area contributed by atoms with Crippen LogP contribution in [-0.4, -0.2) is 56.3 Å². The van der Waals surface area contributed by atoms with Gasteiger partial charge in [-0.2, -0.15) is 4.31 Å². The zero-order valence-corrected chi connectivity index (χ0v) is 20.0. The Balaban J connectivity index is 1.46. The third kappa shape index (κ3) is 6.64. The first-order valence-electron chi connectivity index (χ1n) is 11.6. The molecular weight excluding hydrogens is 422 g/mol. The minimum absolute atomic E-state index is 0.0466. The van der Waals surface area contributed by atoms with Gasteiger partial charge < -0.3 is 10.2 Å². The highest BCUT2D eigenvalue weighted by molar-refractivity contribution is 7.89. The van der Waals surface area contributed by atoms with Gasteiger partial charge in [0, 0.05) is 31.7 Å². The minimum Gasteiger partial charge on any atom is -0.326 e. The second-order valence-electron chi connectivity index (χ2n) is 8.28. The fourth-order valence-corrected chi connectivity index (χ4v) is 5.53. The molecule has 1 fully saturated rings. The van der Waals surface area contributed by atoms with E-state index < -0.39 is 10.0 Å². The van der Waals surface area contributed by atoms with Crippen molar-refractivity contribution >= 4 is 21.6 Å². The number of benzene rings is 2. The predicted octanol–water partition coefficient (Wildman–Crippen LogP) is 3.93. The molecule has 32 heavy (non-hydrogen) atoms. The third-order valence-electron chi connectivity index (χ3n) is 6.06. The number of hydrogen-bond acceptors (Lipinski definition) is 4. The number of amides is 1. The Labute approximate surface area is 192 Å². The molecule has 1 amide bonds. The number of sulfonamides is 1. The van der Waals surface area contributed by atoms with E-state index in [0.717, 1.165) is 24.2 Å². The maximum Gasteiger partial charge on any atom is 0.243 e. The standard InChI is InChI=1S/C25H35N3O3S/c1-3-28(4-2)32(30,31)24-14-9-21(10-15-24)11-16-25(29)26-23-12-7-22(8-13-23)17-20-27-18-5-6-19-27/h7-10,12-15H,3-6,11,16-20H2,1-2H3,(H,26,29). The highest BCUT2D eigenvalue weighted by Gasteiger charge is 2.21. The Hall–Kier alpha value is -2.22. The van der Waals surface area contributed by atoms with Crippen LogP contribution in [0.4, 0.5) is 5.69 Å². The molecule has 0 atom stereocenters. The molecule has 0 saturated carbocycles. The van der Waals surface area contributed by atoms with E-state index >= 15 is 0 Å². The van der Waals surface area contributed by atoms with Gasteiger partial charge in [0.25, 0.3) is 0 Å². The van der Waals surface area contributed by atoms with Gasteiger partial charge in [-0.1, -0.05) is 38.1 Å². The molecule has 6 nitrogen and oxygen atoms in total. The number of hydrogen-bond donors (Lipinski definition) is 1. The summed E-state index contributed by atoms with van der Waals surface area (Å²) in [6.45, 7) is 8.07. The van der Waals surface area contributed by atoms with Gasteiger partial charge in [0.05, 0.1) is 4.90 Å². The summed E-state index contributed by atoms with van der Waals surface area (Å²) in [7, 11) is -3.45. The largest absolute Gasteiger partial charge is 0.326 e. The number of nitrogens with one attached hydrogen (secondary N) is 1. The zero-order chi connectivity index (χ0) is 23.0. The van der Waals surface area contributed by atoms with Crippen molar-refractivity contribution in [3.05, 3.63) is 59.7 Å². The maximum absolute atomic E-state index is 12.6. The highest BCUT2D eigenvalue weighted by atomic mass is 32.2. The molecule has 0 spiro atoms. The summed E-state index contributed by atoms with van der Waals surface area (Å²) in [4.78, 5) is 15.1. The Morgan fingerprint density at radius 1 is 0.906 bits per heavy atom. The van der Waals surface area contributed by atoms with Crippen LogP contribution in [0.1, 0.15) is 44.2 Å². The van der Waals surface area contributed by atoms with Crippen molar-refractivity contribution in [3.8, 4) is 0 Å². The lowest BCUT2D eigenvalue weighted by molar-refractivity contribution is -0.116. The molecule has 1 aliphatic heterocycles. The van der Waals surface area contributed by atoms with Gasteiger partial charge in [0.15, 0.2) is 0 Å². The van der Waals surface area contributed by atoms with Crippen molar-refractivity contribution in [1.82, 2.24) is 9.21 Å². The van der Waals surface area contributed by atoms with Crippen molar-refractivity contribution < 1.29 is 13.2 Å². The molecule has 0 aromatic heterocycles. The van der Waals surface area contributed by atoms with Crippen LogP contribution >= 0.6 is 0 Å². The molecule has 0 radical (unpaired) electrons. The van der Waals surface area contributed by atoms with Crippen LogP contribution in [0.25, 0.3) is 0 Å². The average molecular weight is 458 g/mol. The van der Waals surface area contributed by atoms with Crippen LogP contribution in [0.5, 0.6) is 0 Å². The lowest BCUT2D eigenvalue weighted by atomic mass is 10.1. The number of carbonyl (C=O) groups excluding carboxylic acids is 1. The molecule has 0 aliphatic carbocycles. The molecule has 2 aromatic rings. The Bertz CT molecular complexity index is 962. The van der Waals surface area contributed by atoms with Crippen molar-refractivity contribution in [3.63, 3.8) is 0 Å². The van der Waals surface area contributed by atoms with Crippen LogP contribution < -0.4 is 5.32 Å². The van der Waals surface area contributed by atoms with Crippen LogP contribution in [-0.2, 0) is 27.7 Å². The van der Waals surface area contributed by atoms with Crippen molar-refractivity contribution in [2.45, 2.75) is 50.8 Å². The normalized spacial score (nSPS) is 14.7. The first-order chi connectivity index (χ1) is 15.4. The summed E-state index contributed by atoms with van der Waals surface area (Å²) >= 11 is 0. The summed E-state index contributed by atoms with van der Waals surface area (Å²) in [5.74, 6) is -0.0466. The van der Waals surface area contributed by atoms with Gasteiger partial charge in [-0.05, 0) is 74.2 Å². The van der Waals surface area contributed by atoms with Crippen LogP contribution in [0.15, 0.2) is 53.4 Å². The van der Waals surface area contributed by atoms with Gasteiger partial charge in [-0.3, -0.25) is 4.79 Å². The summed E-state index contributed by atoms with van der Waals surface area (Å²) in [6, 6.07) is 14.9. The minimum atomic E-state index is -3.45. The number of aryl methyl sites for hydroxylation is 1. The summed E-state index contributed by atoms with van der Waals surface area (Å²) in [5, 5.41) is 2.95. The monoisotopic (exact) mass is 457 g/mol. The summed E-state index contributed by atoms with van der Waals surface area (Å²) in [6.07, 6.45) is 4.56. The number of rotatable bonds is 11. The number of carbonyl (C=O) groups is 1. The fourth-order valence-electron chi connectivity index (χ4n) is 4.07. The van der Waals surface area contributed by atoms with E-state index in [-0.39, 0.29) is 5.91 Å². The predicted molar refractivity (Wildman–Crippen MR) is 129 cm³/mol. The van der Waals surface area contributed by atoms with Gasteiger partial charge in [0.1, 0.15) is 0 Å². The topological polar surface area (TPSA) is 69.7 Å². The third-order valence-corrected chi connectivity index (χ3v) is 8.12. The van der Waals surface area contributed by atoms with E-state index in [9.17, 15) is 13.2 Å². The molecule has 0 bridgehead atoms. The number of anilines is 1. The van der Waals surface area contributed by atoms with E-state index in [2.05, 4.69) is 22.3 Å². The van der Waals surface area contributed by atoms with E-state index in [1.807, 2.05) is 26.0 Å². The molecular formula is C25H35N3O3S. The lowest BCUT2D eigenvalue weighted by Gasteiger charge is -2.18. The fraction of sp³-hybridized carbons (Fsp3) is 0.480. The summed E-state index contributed by atoms with van der Waals surface area (Å²) in [5.41, 5.74) is 3.03. The molecule has 1 saturated heterocycles. The van der Waals surface area contributed by atoms with Gasteiger partial charge in [-0.25, -0.2) is 8.42 Å². The quantitative estimate of drug-likeness (QED) is 0.555. The Kier molecular flexibility index (Phi) is 8.84. The Morgan fingerprint density at radius 2 is 1.47 bits per heavy atom. The van der Waals surface area contributed by atoms with Gasteiger partial charge in [-0.15, -0.1) is 0 Å². The highest BCUT2D eigenvalue weighted by Crippen LogP contribution is 2.17. The molecule has 2 aromatic carbocycles. The second-order valence-corrected chi connectivity index (χ2v) is 10.2. The van der Waals surface area contributed by atoms with E-state index in [4.69, 9.17) is 0 Å². The first kappa shape index (κ1) is 24.4. The van der Waals surface area contributed by atoms with Crippen LogP contribution in [0, 0.1) is 0 Å². The van der Waals surface area contributed by atoms with Crippen molar-refractivity contribution in [2.75, 3.05) is 38.0 Å². The second kappa shape index (κ2) is 11.6. The molecule has 7 heteroatoms. The van der Waals surface area contributed by atoms with Crippen LogP contribution in [0.3, 0.4) is 0 Å². The molecule has 0 unspecified atom stereocenters. The lowest BCUT2D eigenvalue weighted by Crippen LogP contribution is -2.30. The summed E-state index contributed by atoms with van der Waals surface area (Å²) < 4.78 is 26.6. The maximum atomic E-state index is 12.6. The zero-order valence-electron chi connectivity index (χ0n) is 19.2. The first-order valence-corrected chi connectivity index (χ1v) is 13.1. The van der Waals surface area contributed by atoms with E-state index in [1.165, 1.54) is 35.8 Å². The number of nitrogens with zero attached hydrogens (tertiary/aromatic N) is 2. The van der Waals surface area contributed by atoms with Crippen molar-refractivity contribution in [1.29, 1.82) is 0 Å². The molecule has 1 N–H and O–H groups in total. The van der Waals surface area contributed by atoms with Gasteiger partial charge in [0.2, 0.25) is 15.9 Å². The molecule has 1 aliphatic rings. The average Bonchev–Trinajstić information content (AvgIpc) is 3.32. The molecule has 1 heterocycles. The van der Waals surface area contributed by atoms with Gasteiger partial charge >= 0.3 is 0 Å². The smallest absolute Gasteiger partial charge is 0.243 e. The van der Waals surface area contributed by atoms with E-state index in [0.29, 0.717) is 30.8 Å². The van der Waals surface area contributed by atoms with Crippen LogP contribution in [0.2, 0.25) is 0 Å². The van der Waals surface area contributed by atoms with E-state index in [1.54, 1.807) is 24.3 Å².